The summed E-state index contributed by atoms with van der Waals surface area (Å²) >= 11 is 0. The van der Waals surface area contributed by atoms with Gasteiger partial charge in [-0.15, -0.1) is 0 Å². The van der Waals surface area contributed by atoms with Gasteiger partial charge in [0.1, 0.15) is 12.7 Å². The van der Waals surface area contributed by atoms with Crippen LogP contribution in [0, 0.1) is 10.1 Å². The molecule has 2 aromatic rings. The predicted molar refractivity (Wildman–Crippen MR) is 83.8 cm³/mol. The lowest BCUT2D eigenvalue weighted by Crippen LogP contribution is -2.44. The summed E-state index contributed by atoms with van der Waals surface area (Å²) in [5, 5.41) is 11.0. The minimum absolute atomic E-state index is 0.0930. The zero-order chi connectivity index (χ0) is 17.1. The van der Waals surface area contributed by atoms with E-state index in [1.54, 1.807) is 43.3 Å². The van der Waals surface area contributed by atoms with Crippen LogP contribution in [0.1, 0.15) is 12.5 Å². The second-order valence-electron chi connectivity index (χ2n) is 5.30. The molecule has 0 aromatic heterocycles. The molecule has 1 aliphatic heterocycles. The van der Waals surface area contributed by atoms with Gasteiger partial charge in [0.2, 0.25) is 6.10 Å². The first kappa shape index (κ1) is 15.8. The number of para-hydroxylation sites is 3. The van der Waals surface area contributed by atoms with E-state index in [0.29, 0.717) is 17.1 Å². The fourth-order valence-electron chi connectivity index (χ4n) is 2.42. The van der Waals surface area contributed by atoms with E-state index in [1.807, 2.05) is 6.07 Å². The molecule has 0 saturated carbocycles. The van der Waals surface area contributed by atoms with Gasteiger partial charge in [0.05, 0.1) is 10.5 Å². The first-order valence-electron chi connectivity index (χ1n) is 7.37. The topological polar surface area (TPSA) is 87.9 Å². The molecule has 7 heteroatoms. The molecule has 0 radical (unpaired) electrons. The van der Waals surface area contributed by atoms with Gasteiger partial charge in [0.25, 0.3) is 5.69 Å². The Kier molecular flexibility index (Phi) is 4.33. The molecule has 3 rings (SSSR count). The van der Waals surface area contributed by atoms with Crippen molar-refractivity contribution in [1.82, 2.24) is 0 Å². The van der Waals surface area contributed by atoms with E-state index in [4.69, 9.17) is 14.2 Å². The average molecular weight is 329 g/mol. The monoisotopic (exact) mass is 329 g/mol. The highest BCUT2D eigenvalue weighted by atomic mass is 16.6. The lowest BCUT2D eigenvalue weighted by Gasteiger charge is -2.30. The molecule has 2 aromatic carbocycles. The first-order chi connectivity index (χ1) is 11.6. The van der Waals surface area contributed by atoms with E-state index >= 15 is 0 Å². The SMILES string of the molecule is CC1Oc2ccccc2OC1C(=O)OCc1ccccc1[N+](=O)[O-]. The minimum atomic E-state index is -0.928. The highest BCUT2D eigenvalue weighted by Crippen LogP contribution is 2.33. The van der Waals surface area contributed by atoms with Crippen molar-refractivity contribution in [3.8, 4) is 11.5 Å². The van der Waals surface area contributed by atoms with Crippen molar-refractivity contribution in [2.75, 3.05) is 0 Å². The summed E-state index contributed by atoms with van der Waals surface area (Å²) in [5.74, 6) is 0.395. The summed E-state index contributed by atoms with van der Waals surface area (Å²) in [6, 6.07) is 13.1. The number of carbonyl (C=O) groups is 1. The fraction of sp³-hybridized carbons (Fsp3) is 0.235. The summed E-state index contributed by atoms with van der Waals surface area (Å²) in [6.45, 7) is 1.50. The number of carbonyl (C=O) groups excluding carboxylic acids is 1. The van der Waals surface area contributed by atoms with Crippen molar-refractivity contribution in [3.05, 3.63) is 64.2 Å². The van der Waals surface area contributed by atoms with Crippen molar-refractivity contribution < 1.29 is 23.9 Å². The summed E-state index contributed by atoms with van der Waals surface area (Å²) in [5.41, 5.74) is 0.227. The number of nitrogens with zero attached hydrogens (tertiary/aromatic N) is 1. The highest BCUT2D eigenvalue weighted by molar-refractivity contribution is 5.76. The van der Waals surface area contributed by atoms with Gasteiger partial charge < -0.3 is 14.2 Å². The maximum atomic E-state index is 12.3. The zero-order valence-corrected chi connectivity index (χ0v) is 12.9. The van der Waals surface area contributed by atoms with Gasteiger partial charge in [-0.2, -0.15) is 0 Å². The van der Waals surface area contributed by atoms with E-state index in [0.717, 1.165) is 0 Å². The predicted octanol–water partition coefficient (Wildman–Crippen LogP) is 2.87. The van der Waals surface area contributed by atoms with Crippen LogP contribution in [0.4, 0.5) is 5.69 Å². The third kappa shape index (κ3) is 3.15. The number of hydrogen-bond acceptors (Lipinski definition) is 6. The van der Waals surface area contributed by atoms with Crippen molar-refractivity contribution in [2.24, 2.45) is 0 Å². The minimum Gasteiger partial charge on any atom is -0.482 e. The molecule has 2 unspecified atom stereocenters. The molecule has 7 nitrogen and oxygen atoms in total. The molecule has 124 valence electrons. The van der Waals surface area contributed by atoms with Gasteiger partial charge in [-0.25, -0.2) is 4.79 Å². The number of benzene rings is 2. The molecule has 0 saturated heterocycles. The Morgan fingerprint density at radius 3 is 2.46 bits per heavy atom. The maximum absolute atomic E-state index is 12.3. The van der Waals surface area contributed by atoms with E-state index in [9.17, 15) is 14.9 Å². The lowest BCUT2D eigenvalue weighted by molar-refractivity contribution is -0.385. The molecule has 2 atom stereocenters. The van der Waals surface area contributed by atoms with Crippen molar-refractivity contribution in [2.45, 2.75) is 25.7 Å². The quantitative estimate of drug-likeness (QED) is 0.487. The Bertz CT molecular complexity index is 775. The molecule has 24 heavy (non-hydrogen) atoms. The van der Waals surface area contributed by atoms with Gasteiger partial charge in [0.15, 0.2) is 11.5 Å². The Balaban J connectivity index is 1.69. The lowest BCUT2D eigenvalue weighted by atomic mass is 10.1. The summed E-state index contributed by atoms with van der Waals surface area (Å²) in [4.78, 5) is 22.7. The van der Waals surface area contributed by atoms with Crippen LogP contribution in [0.3, 0.4) is 0 Å². The van der Waals surface area contributed by atoms with Crippen LogP contribution in [0.25, 0.3) is 0 Å². The number of hydrogen-bond donors (Lipinski definition) is 0. The Labute approximate surface area is 137 Å². The average Bonchev–Trinajstić information content (AvgIpc) is 2.59. The summed E-state index contributed by atoms with van der Waals surface area (Å²) < 4.78 is 16.5. The second-order valence-corrected chi connectivity index (χ2v) is 5.30. The Morgan fingerprint density at radius 1 is 1.12 bits per heavy atom. The van der Waals surface area contributed by atoms with Gasteiger partial charge in [-0.1, -0.05) is 24.3 Å². The van der Waals surface area contributed by atoms with E-state index in [1.165, 1.54) is 6.07 Å². The van der Waals surface area contributed by atoms with E-state index in [-0.39, 0.29) is 12.3 Å². The molecular formula is C17H15NO6. The second kappa shape index (κ2) is 6.57. The summed E-state index contributed by atoms with van der Waals surface area (Å²) in [7, 11) is 0. The largest absolute Gasteiger partial charge is 0.482 e. The van der Waals surface area contributed by atoms with Crippen LogP contribution >= 0.6 is 0 Å². The van der Waals surface area contributed by atoms with Crippen LogP contribution in [-0.4, -0.2) is 23.1 Å². The van der Waals surface area contributed by atoms with Crippen LogP contribution in [0.15, 0.2) is 48.5 Å². The van der Waals surface area contributed by atoms with E-state index < -0.39 is 23.1 Å². The van der Waals surface area contributed by atoms with Gasteiger partial charge >= 0.3 is 5.97 Å². The van der Waals surface area contributed by atoms with Crippen LogP contribution < -0.4 is 9.47 Å². The fourth-order valence-corrected chi connectivity index (χ4v) is 2.42. The molecule has 0 fully saturated rings. The molecule has 0 N–H and O–H groups in total. The third-order valence-corrected chi connectivity index (χ3v) is 3.63. The molecule has 1 aliphatic rings. The highest BCUT2D eigenvalue weighted by Gasteiger charge is 2.35. The number of fused-ring (bicyclic) bond motifs is 1. The summed E-state index contributed by atoms with van der Waals surface area (Å²) in [6.07, 6.45) is -1.46. The van der Waals surface area contributed by atoms with Crippen LogP contribution in [-0.2, 0) is 16.1 Å². The molecule has 0 bridgehead atoms. The van der Waals surface area contributed by atoms with Crippen LogP contribution in [0.2, 0.25) is 0 Å². The Morgan fingerprint density at radius 2 is 1.75 bits per heavy atom. The molecular weight excluding hydrogens is 314 g/mol. The number of ether oxygens (including phenoxy) is 3. The van der Waals surface area contributed by atoms with Gasteiger partial charge in [0, 0.05) is 6.07 Å². The normalized spacial score (nSPS) is 18.7. The van der Waals surface area contributed by atoms with Crippen LogP contribution in [0.5, 0.6) is 11.5 Å². The Hall–Kier alpha value is -3.09. The number of nitro groups is 1. The number of nitro benzene ring substituents is 1. The zero-order valence-electron chi connectivity index (χ0n) is 12.9. The van der Waals surface area contributed by atoms with Gasteiger partial charge in [-0.05, 0) is 25.1 Å². The van der Waals surface area contributed by atoms with Crippen molar-refractivity contribution in [3.63, 3.8) is 0 Å². The van der Waals surface area contributed by atoms with Crippen molar-refractivity contribution in [1.29, 1.82) is 0 Å². The van der Waals surface area contributed by atoms with E-state index in [2.05, 4.69) is 0 Å². The standard InChI is InChI=1S/C17H15NO6/c1-11-16(24-15-9-5-4-8-14(15)23-11)17(19)22-10-12-6-2-3-7-13(12)18(20)21/h2-9,11,16H,10H2,1H3. The number of esters is 1. The molecule has 0 aliphatic carbocycles. The molecule has 1 heterocycles. The first-order valence-corrected chi connectivity index (χ1v) is 7.37. The molecule has 0 spiro atoms. The van der Waals surface area contributed by atoms with Gasteiger partial charge in [-0.3, -0.25) is 10.1 Å². The smallest absolute Gasteiger partial charge is 0.351 e. The molecule has 0 amide bonds. The number of rotatable bonds is 4. The maximum Gasteiger partial charge on any atom is 0.351 e. The third-order valence-electron chi connectivity index (χ3n) is 3.63. The van der Waals surface area contributed by atoms with Crippen molar-refractivity contribution >= 4 is 11.7 Å².